The molecule has 1 N–H and O–H groups in total. The first-order valence-corrected chi connectivity index (χ1v) is 13.5. The lowest BCUT2D eigenvalue weighted by atomic mass is 10.1. The summed E-state index contributed by atoms with van der Waals surface area (Å²) in [6.07, 6.45) is 5.21. The molecular weight excluding hydrogens is 534 g/mol. The van der Waals surface area contributed by atoms with Crippen LogP contribution in [-0.4, -0.2) is 77.1 Å². The maximum absolute atomic E-state index is 12.8. The highest BCUT2D eigenvalue weighted by Crippen LogP contribution is 2.26. The second kappa shape index (κ2) is 10.8. The fourth-order valence-corrected chi connectivity index (χ4v) is 4.96. The summed E-state index contributed by atoms with van der Waals surface area (Å²) in [5.41, 5.74) is 5.63. The van der Waals surface area contributed by atoms with E-state index < -0.39 is 0 Å². The van der Waals surface area contributed by atoms with E-state index in [1.54, 1.807) is 46.4 Å². The van der Waals surface area contributed by atoms with Gasteiger partial charge in [0.1, 0.15) is 11.4 Å². The molecule has 0 aliphatic carbocycles. The molecule has 0 unspecified atom stereocenters. The van der Waals surface area contributed by atoms with E-state index in [0.717, 1.165) is 27.7 Å². The molecule has 4 aromatic heterocycles. The Bertz CT molecular complexity index is 1940. The molecule has 12 heteroatoms. The Labute approximate surface area is 239 Å². The largest absolute Gasteiger partial charge is 0.378 e. The number of nitrogens with zero attached hydrogens (tertiary/aromatic N) is 8. The molecule has 42 heavy (non-hydrogen) atoms. The predicted octanol–water partition coefficient (Wildman–Crippen LogP) is 2.95. The third-order valence-corrected chi connectivity index (χ3v) is 7.20. The Hall–Kier alpha value is -5.49. The van der Waals surface area contributed by atoms with Gasteiger partial charge < -0.3 is 9.64 Å². The summed E-state index contributed by atoms with van der Waals surface area (Å²) in [5.74, 6) is -0.0100. The summed E-state index contributed by atoms with van der Waals surface area (Å²) in [4.78, 5) is 31.3. The number of ether oxygens (including phenoxy) is 1. The zero-order valence-corrected chi connectivity index (χ0v) is 22.4. The number of H-pyrrole nitrogens is 1. The third kappa shape index (κ3) is 4.95. The lowest BCUT2D eigenvalue weighted by Gasteiger charge is -2.26. The first kappa shape index (κ1) is 25.5. The molecule has 0 spiro atoms. The summed E-state index contributed by atoms with van der Waals surface area (Å²) >= 11 is 0. The van der Waals surface area contributed by atoms with E-state index in [1.165, 1.54) is 10.7 Å². The topological polar surface area (TPSA) is 137 Å². The molecule has 6 aromatic rings. The molecule has 1 aliphatic rings. The molecule has 0 atom stereocenters. The van der Waals surface area contributed by atoms with Crippen molar-refractivity contribution in [3.05, 3.63) is 107 Å². The number of aromatic amines is 1. The first-order valence-electron chi connectivity index (χ1n) is 13.5. The second-order valence-electron chi connectivity index (χ2n) is 9.91. The number of hydrogen-bond acceptors (Lipinski definition) is 8. The van der Waals surface area contributed by atoms with Crippen molar-refractivity contribution in [2.75, 3.05) is 26.3 Å². The van der Waals surface area contributed by atoms with Gasteiger partial charge in [-0.3, -0.25) is 19.7 Å². The summed E-state index contributed by atoms with van der Waals surface area (Å²) in [7, 11) is 0. The highest BCUT2D eigenvalue weighted by molar-refractivity contribution is 5.94. The van der Waals surface area contributed by atoms with Gasteiger partial charge in [0.25, 0.3) is 11.5 Å². The smallest absolute Gasteiger partial charge is 0.267 e. The van der Waals surface area contributed by atoms with Crippen LogP contribution in [0, 0.1) is 0 Å². The van der Waals surface area contributed by atoms with Crippen molar-refractivity contribution in [2.45, 2.75) is 6.54 Å². The fourth-order valence-electron chi connectivity index (χ4n) is 4.96. The van der Waals surface area contributed by atoms with Crippen molar-refractivity contribution in [3.8, 4) is 28.3 Å². The lowest BCUT2D eigenvalue weighted by Crippen LogP contribution is -2.40. The van der Waals surface area contributed by atoms with Crippen LogP contribution in [0.3, 0.4) is 0 Å². The number of nitrogens with one attached hydrogen (secondary N) is 1. The maximum atomic E-state index is 12.8. The normalized spacial score (nSPS) is 13.5. The molecule has 1 aliphatic heterocycles. The number of carbonyl (C=O) groups is 1. The van der Waals surface area contributed by atoms with E-state index in [-0.39, 0.29) is 18.0 Å². The number of amides is 1. The molecule has 1 amide bonds. The van der Waals surface area contributed by atoms with Gasteiger partial charge in [-0.1, -0.05) is 11.3 Å². The highest BCUT2D eigenvalue weighted by Gasteiger charge is 2.19. The van der Waals surface area contributed by atoms with E-state index in [1.807, 2.05) is 42.5 Å². The van der Waals surface area contributed by atoms with Crippen LogP contribution in [0.5, 0.6) is 0 Å². The quantitative estimate of drug-likeness (QED) is 0.329. The van der Waals surface area contributed by atoms with Gasteiger partial charge in [0, 0.05) is 48.1 Å². The molecule has 2 aromatic carbocycles. The SMILES string of the molecule is O=C(c1ccc(-n2cc(-c3n[nH]c4ccc(Cn5nc(-c6cccnc6)ccc5=O)cc34)nn2)cc1)N1CCOCC1. The van der Waals surface area contributed by atoms with E-state index >= 15 is 0 Å². The van der Waals surface area contributed by atoms with Crippen molar-refractivity contribution >= 4 is 16.8 Å². The van der Waals surface area contributed by atoms with Gasteiger partial charge in [-0.25, -0.2) is 9.36 Å². The summed E-state index contributed by atoms with van der Waals surface area (Å²) < 4.78 is 8.43. The summed E-state index contributed by atoms with van der Waals surface area (Å²) in [6, 6.07) is 20.1. The number of fused-ring (bicyclic) bond motifs is 1. The van der Waals surface area contributed by atoms with Crippen LogP contribution in [0.2, 0.25) is 0 Å². The van der Waals surface area contributed by atoms with Crippen LogP contribution in [0.1, 0.15) is 15.9 Å². The Morgan fingerprint density at radius 1 is 0.976 bits per heavy atom. The van der Waals surface area contributed by atoms with Gasteiger partial charge >= 0.3 is 0 Å². The number of aromatic nitrogens is 8. The van der Waals surface area contributed by atoms with Crippen molar-refractivity contribution < 1.29 is 9.53 Å². The van der Waals surface area contributed by atoms with Crippen LogP contribution in [0.4, 0.5) is 0 Å². The zero-order valence-electron chi connectivity index (χ0n) is 22.4. The first-order chi connectivity index (χ1) is 20.6. The Kier molecular flexibility index (Phi) is 6.56. The van der Waals surface area contributed by atoms with Gasteiger partial charge in [-0.05, 0) is 60.2 Å². The van der Waals surface area contributed by atoms with Crippen LogP contribution < -0.4 is 5.56 Å². The minimum atomic E-state index is -0.198. The van der Waals surface area contributed by atoms with Crippen LogP contribution in [0.15, 0.2) is 90.1 Å². The van der Waals surface area contributed by atoms with E-state index in [4.69, 9.17) is 4.74 Å². The van der Waals surface area contributed by atoms with Gasteiger partial charge in [-0.2, -0.15) is 10.2 Å². The van der Waals surface area contributed by atoms with Crippen LogP contribution in [0.25, 0.3) is 39.2 Å². The summed E-state index contributed by atoms with van der Waals surface area (Å²) in [5, 5.41) is 21.6. The molecule has 5 heterocycles. The lowest BCUT2D eigenvalue weighted by molar-refractivity contribution is 0.0303. The maximum Gasteiger partial charge on any atom is 0.267 e. The molecule has 0 saturated carbocycles. The van der Waals surface area contributed by atoms with Crippen molar-refractivity contribution in [3.63, 3.8) is 0 Å². The number of rotatable bonds is 6. The Morgan fingerprint density at radius 2 is 1.83 bits per heavy atom. The number of hydrogen-bond donors (Lipinski definition) is 1. The monoisotopic (exact) mass is 559 g/mol. The number of benzene rings is 2. The van der Waals surface area contributed by atoms with Crippen molar-refractivity contribution in [1.82, 2.24) is 44.9 Å². The molecular formula is C30H25N9O3. The molecule has 1 fully saturated rings. The van der Waals surface area contributed by atoms with E-state index in [2.05, 4.69) is 30.6 Å². The standard InChI is InChI=1S/C30H25N9O3/c40-28-10-9-25(22-2-1-11-31-17-22)35-39(28)18-20-3-8-26-24(16-20)29(34-32-26)27-19-38(36-33-27)23-6-4-21(5-7-23)30(41)37-12-14-42-15-13-37/h1-11,16-17,19H,12-15,18H2,(H,32,34). The minimum absolute atomic E-state index is 0.0100. The second-order valence-corrected chi connectivity index (χ2v) is 9.91. The number of morpholine rings is 1. The van der Waals surface area contributed by atoms with Crippen molar-refractivity contribution in [1.29, 1.82) is 0 Å². The minimum Gasteiger partial charge on any atom is -0.378 e. The molecule has 12 nitrogen and oxygen atoms in total. The average molecular weight is 560 g/mol. The third-order valence-electron chi connectivity index (χ3n) is 7.20. The Balaban J connectivity index is 1.13. The molecule has 1 saturated heterocycles. The number of pyridine rings is 1. The predicted molar refractivity (Wildman–Crippen MR) is 154 cm³/mol. The fraction of sp³-hybridized carbons (Fsp3) is 0.167. The Morgan fingerprint density at radius 3 is 2.64 bits per heavy atom. The zero-order chi connectivity index (χ0) is 28.5. The van der Waals surface area contributed by atoms with Crippen LogP contribution in [-0.2, 0) is 11.3 Å². The van der Waals surface area contributed by atoms with Gasteiger partial charge in [0.2, 0.25) is 0 Å². The average Bonchev–Trinajstić information content (AvgIpc) is 3.70. The van der Waals surface area contributed by atoms with Gasteiger partial charge in [-0.15, -0.1) is 5.10 Å². The molecule has 208 valence electrons. The molecule has 7 rings (SSSR count). The van der Waals surface area contributed by atoms with Gasteiger partial charge in [0.15, 0.2) is 0 Å². The van der Waals surface area contributed by atoms with Crippen LogP contribution >= 0.6 is 0 Å². The van der Waals surface area contributed by atoms with E-state index in [9.17, 15) is 9.59 Å². The molecule has 0 radical (unpaired) electrons. The molecule has 0 bridgehead atoms. The van der Waals surface area contributed by atoms with E-state index in [0.29, 0.717) is 48.9 Å². The highest BCUT2D eigenvalue weighted by atomic mass is 16.5. The van der Waals surface area contributed by atoms with Gasteiger partial charge in [0.05, 0.1) is 42.9 Å². The van der Waals surface area contributed by atoms with Crippen molar-refractivity contribution in [2.24, 2.45) is 0 Å². The number of carbonyl (C=O) groups excluding carboxylic acids is 1. The summed E-state index contributed by atoms with van der Waals surface area (Å²) in [6.45, 7) is 2.60.